The summed E-state index contributed by atoms with van der Waals surface area (Å²) in [4.78, 5) is 14.3. The number of hydrogen-bond donors (Lipinski definition) is 1. The summed E-state index contributed by atoms with van der Waals surface area (Å²) in [7, 11) is 0. The van der Waals surface area contributed by atoms with Crippen LogP contribution in [0.15, 0.2) is 0 Å². The lowest BCUT2D eigenvalue weighted by Gasteiger charge is -2.26. The zero-order valence-electron chi connectivity index (χ0n) is 11.6. The van der Waals surface area contributed by atoms with Gasteiger partial charge in [-0.25, -0.2) is 0 Å². The van der Waals surface area contributed by atoms with Gasteiger partial charge in [0.2, 0.25) is 5.91 Å². The molecule has 3 nitrogen and oxygen atoms in total. The molecule has 100 valence electrons. The molecule has 0 aliphatic carbocycles. The molecule has 0 aromatic rings. The summed E-state index contributed by atoms with van der Waals surface area (Å²) < 4.78 is 0. The average Bonchev–Trinajstić information content (AvgIpc) is 2.75. The predicted molar refractivity (Wildman–Crippen MR) is 71.6 cm³/mol. The molecule has 17 heavy (non-hydrogen) atoms. The second kappa shape index (κ2) is 7.00. The Hall–Kier alpha value is -0.570. The van der Waals surface area contributed by atoms with E-state index in [2.05, 4.69) is 25.7 Å². The van der Waals surface area contributed by atoms with Crippen LogP contribution in [0.5, 0.6) is 0 Å². The topological polar surface area (TPSA) is 46.3 Å². The zero-order chi connectivity index (χ0) is 12.8. The zero-order valence-corrected chi connectivity index (χ0v) is 11.6. The van der Waals surface area contributed by atoms with Crippen molar-refractivity contribution in [2.45, 2.75) is 58.9 Å². The van der Waals surface area contributed by atoms with Crippen LogP contribution >= 0.6 is 0 Å². The number of carbonyl (C=O) groups is 1. The Morgan fingerprint density at radius 1 is 1.47 bits per heavy atom. The molecule has 2 atom stereocenters. The van der Waals surface area contributed by atoms with Crippen molar-refractivity contribution in [1.82, 2.24) is 4.90 Å². The fourth-order valence-corrected chi connectivity index (χ4v) is 2.88. The molecular weight excluding hydrogens is 212 g/mol. The molecule has 2 unspecified atom stereocenters. The van der Waals surface area contributed by atoms with Crippen molar-refractivity contribution in [1.29, 1.82) is 0 Å². The van der Waals surface area contributed by atoms with E-state index in [1.165, 1.54) is 12.8 Å². The number of amides is 1. The Morgan fingerprint density at radius 3 is 2.71 bits per heavy atom. The maximum atomic E-state index is 12.2. The summed E-state index contributed by atoms with van der Waals surface area (Å²) in [5.74, 6) is 1.31. The highest BCUT2D eigenvalue weighted by atomic mass is 16.2. The average molecular weight is 240 g/mol. The van der Waals surface area contributed by atoms with E-state index in [1.54, 1.807) is 0 Å². The largest absolute Gasteiger partial charge is 0.340 e. The molecular formula is C14H28N2O. The van der Waals surface area contributed by atoms with Crippen molar-refractivity contribution < 1.29 is 4.79 Å². The van der Waals surface area contributed by atoms with E-state index >= 15 is 0 Å². The summed E-state index contributed by atoms with van der Waals surface area (Å²) in [5.41, 5.74) is 5.76. The normalized spacial score (nSPS) is 22.2. The minimum Gasteiger partial charge on any atom is -0.340 e. The summed E-state index contributed by atoms with van der Waals surface area (Å²) in [6.07, 6.45) is 5.14. The van der Waals surface area contributed by atoms with Gasteiger partial charge in [0.15, 0.2) is 0 Å². The first-order chi connectivity index (χ1) is 8.08. The van der Waals surface area contributed by atoms with E-state index in [0.29, 0.717) is 36.8 Å². The quantitative estimate of drug-likeness (QED) is 0.775. The summed E-state index contributed by atoms with van der Waals surface area (Å²) >= 11 is 0. The number of carbonyl (C=O) groups excluding carboxylic acids is 1. The standard InChI is InChI=1S/C14H28N2O/c1-4-13-6-5-7-16(13)14(17)9-12(10-15)8-11(2)3/h11-13H,4-10,15H2,1-3H3. The Kier molecular flexibility index (Phi) is 5.96. The molecule has 1 saturated heterocycles. The van der Waals surface area contributed by atoms with Gasteiger partial charge in [-0.05, 0) is 44.1 Å². The first kappa shape index (κ1) is 14.5. The molecule has 0 spiro atoms. The van der Waals surface area contributed by atoms with E-state index in [9.17, 15) is 4.79 Å². The maximum absolute atomic E-state index is 12.2. The van der Waals surface area contributed by atoms with Gasteiger partial charge in [0.1, 0.15) is 0 Å². The van der Waals surface area contributed by atoms with Crippen LogP contribution < -0.4 is 5.73 Å². The van der Waals surface area contributed by atoms with Gasteiger partial charge in [0, 0.05) is 19.0 Å². The molecule has 0 aromatic heterocycles. The molecule has 2 N–H and O–H groups in total. The molecule has 1 fully saturated rings. The van der Waals surface area contributed by atoms with E-state index in [0.717, 1.165) is 19.4 Å². The first-order valence-corrected chi connectivity index (χ1v) is 7.08. The van der Waals surface area contributed by atoms with E-state index in [4.69, 9.17) is 5.73 Å². The lowest BCUT2D eigenvalue weighted by atomic mass is 9.93. The molecule has 1 heterocycles. The van der Waals surface area contributed by atoms with Crippen LogP contribution in [0.4, 0.5) is 0 Å². The smallest absolute Gasteiger partial charge is 0.223 e. The van der Waals surface area contributed by atoms with Gasteiger partial charge >= 0.3 is 0 Å². The third-order valence-electron chi connectivity index (χ3n) is 3.77. The lowest BCUT2D eigenvalue weighted by molar-refractivity contribution is -0.133. The Labute approximate surface area is 106 Å². The van der Waals surface area contributed by atoms with Crippen molar-refractivity contribution in [3.8, 4) is 0 Å². The molecule has 1 aliphatic rings. The molecule has 0 aromatic carbocycles. The molecule has 1 rings (SSSR count). The van der Waals surface area contributed by atoms with Crippen molar-refractivity contribution >= 4 is 5.91 Å². The Balaban J connectivity index is 2.46. The fourth-order valence-electron chi connectivity index (χ4n) is 2.88. The van der Waals surface area contributed by atoms with Gasteiger partial charge < -0.3 is 10.6 Å². The van der Waals surface area contributed by atoms with Crippen LogP contribution in [0.2, 0.25) is 0 Å². The van der Waals surface area contributed by atoms with Crippen LogP contribution in [-0.2, 0) is 4.79 Å². The van der Waals surface area contributed by atoms with E-state index in [1.807, 2.05) is 0 Å². The van der Waals surface area contributed by atoms with Crippen molar-refractivity contribution in [2.75, 3.05) is 13.1 Å². The number of likely N-dealkylation sites (tertiary alicyclic amines) is 1. The van der Waals surface area contributed by atoms with Gasteiger partial charge in [0.05, 0.1) is 0 Å². The van der Waals surface area contributed by atoms with Crippen LogP contribution in [-0.4, -0.2) is 29.9 Å². The Bertz CT molecular complexity index is 240. The third kappa shape index (κ3) is 4.30. The van der Waals surface area contributed by atoms with Gasteiger partial charge in [0.25, 0.3) is 0 Å². The van der Waals surface area contributed by atoms with Crippen LogP contribution in [0.1, 0.15) is 52.9 Å². The van der Waals surface area contributed by atoms with Crippen LogP contribution in [0.25, 0.3) is 0 Å². The van der Waals surface area contributed by atoms with Crippen LogP contribution in [0, 0.1) is 11.8 Å². The van der Waals surface area contributed by atoms with Crippen molar-refractivity contribution in [3.05, 3.63) is 0 Å². The van der Waals surface area contributed by atoms with Gasteiger partial charge in [-0.2, -0.15) is 0 Å². The SMILES string of the molecule is CCC1CCCN1C(=O)CC(CN)CC(C)C. The minimum absolute atomic E-state index is 0.324. The van der Waals surface area contributed by atoms with Crippen LogP contribution in [0.3, 0.4) is 0 Å². The van der Waals surface area contributed by atoms with E-state index in [-0.39, 0.29) is 0 Å². The third-order valence-corrected chi connectivity index (χ3v) is 3.77. The number of rotatable bonds is 6. The lowest BCUT2D eigenvalue weighted by Crippen LogP contribution is -2.37. The number of hydrogen-bond acceptors (Lipinski definition) is 2. The molecule has 0 saturated carbocycles. The first-order valence-electron chi connectivity index (χ1n) is 7.08. The van der Waals surface area contributed by atoms with Crippen molar-refractivity contribution in [3.63, 3.8) is 0 Å². The highest BCUT2D eigenvalue weighted by Crippen LogP contribution is 2.23. The highest BCUT2D eigenvalue weighted by molar-refractivity contribution is 5.77. The number of nitrogens with zero attached hydrogens (tertiary/aromatic N) is 1. The summed E-state index contributed by atoms with van der Waals surface area (Å²) in [6.45, 7) is 8.14. The summed E-state index contributed by atoms with van der Waals surface area (Å²) in [6, 6.07) is 0.486. The Morgan fingerprint density at radius 2 is 2.18 bits per heavy atom. The molecule has 0 radical (unpaired) electrons. The number of nitrogens with two attached hydrogens (primary N) is 1. The van der Waals surface area contributed by atoms with Crippen molar-refractivity contribution in [2.24, 2.45) is 17.6 Å². The molecule has 0 bridgehead atoms. The highest BCUT2D eigenvalue weighted by Gasteiger charge is 2.28. The fraction of sp³-hybridized carbons (Fsp3) is 0.929. The second-order valence-corrected chi connectivity index (χ2v) is 5.73. The monoisotopic (exact) mass is 240 g/mol. The second-order valence-electron chi connectivity index (χ2n) is 5.73. The minimum atomic E-state index is 0.324. The molecule has 3 heteroatoms. The van der Waals surface area contributed by atoms with Gasteiger partial charge in [-0.15, -0.1) is 0 Å². The summed E-state index contributed by atoms with van der Waals surface area (Å²) in [5, 5.41) is 0. The maximum Gasteiger partial charge on any atom is 0.223 e. The molecule has 1 amide bonds. The van der Waals surface area contributed by atoms with Gasteiger partial charge in [-0.1, -0.05) is 20.8 Å². The van der Waals surface area contributed by atoms with E-state index < -0.39 is 0 Å². The predicted octanol–water partition coefficient (Wildman–Crippen LogP) is 2.40. The molecule has 1 aliphatic heterocycles. The van der Waals surface area contributed by atoms with Gasteiger partial charge in [-0.3, -0.25) is 4.79 Å².